The number of nitriles is 2. The van der Waals surface area contributed by atoms with Crippen LogP contribution >= 0.6 is 0 Å². The summed E-state index contributed by atoms with van der Waals surface area (Å²) in [5.74, 6) is -0.0199. The number of rotatable bonds is 2. The van der Waals surface area contributed by atoms with Gasteiger partial charge in [0, 0.05) is 28.2 Å². The molecule has 0 amide bonds. The number of fused-ring (bicyclic) bond motifs is 1. The maximum Gasteiger partial charge on any atom is 0.332 e. The molecular weight excluding hydrogens is 298 g/mol. The third-order valence-electron chi connectivity index (χ3n) is 3.20. The molecule has 0 aliphatic heterocycles. The minimum Gasteiger partial charge on any atom is -0.369 e. The lowest BCUT2D eigenvalue weighted by molar-refractivity contribution is 0.643. The summed E-state index contributed by atoms with van der Waals surface area (Å²) in [4.78, 5) is 34.2. The molecule has 0 radical (unpaired) electrons. The SMILES string of the molecule is CN(C)C=Nc1nc2c(c(C#N)c1C#N)c(=O)n(C)c(=O)n2C. The Morgan fingerprint density at radius 1 is 1.13 bits per heavy atom. The van der Waals surface area contributed by atoms with Gasteiger partial charge in [-0.3, -0.25) is 13.9 Å². The summed E-state index contributed by atoms with van der Waals surface area (Å²) < 4.78 is 2.02. The van der Waals surface area contributed by atoms with Crippen molar-refractivity contribution in [2.45, 2.75) is 0 Å². The zero-order valence-electron chi connectivity index (χ0n) is 13.0. The molecule has 23 heavy (non-hydrogen) atoms. The van der Waals surface area contributed by atoms with Gasteiger partial charge in [-0.15, -0.1) is 0 Å². The van der Waals surface area contributed by atoms with Crippen molar-refractivity contribution in [2.75, 3.05) is 14.1 Å². The fraction of sp³-hybridized carbons (Fsp3) is 0.286. The second-order valence-corrected chi connectivity index (χ2v) is 5.02. The highest BCUT2D eigenvalue weighted by molar-refractivity contribution is 5.87. The Balaban J connectivity index is 3.11. The molecule has 116 valence electrons. The van der Waals surface area contributed by atoms with Gasteiger partial charge in [0.2, 0.25) is 0 Å². The first kappa shape index (κ1) is 15.9. The van der Waals surface area contributed by atoms with Crippen molar-refractivity contribution in [1.82, 2.24) is 19.0 Å². The predicted molar refractivity (Wildman–Crippen MR) is 83.5 cm³/mol. The van der Waals surface area contributed by atoms with Crippen molar-refractivity contribution in [3.63, 3.8) is 0 Å². The average molecular weight is 311 g/mol. The summed E-state index contributed by atoms with van der Waals surface area (Å²) in [7, 11) is 6.19. The summed E-state index contributed by atoms with van der Waals surface area (Å²) in [5.41, 5.74) is -1.48. The van der Waals surface area contributed by atoms with Gasteiger partial charge in [-0.2, -0.15) is 10.5 Å². The predicted octanol–water partition coefficient (Wildman–Crippen LogP) is -0.403. The topological polar surface area (TPSA) is 120 Å². The van der Waals surface area contributed by atoms with Gasteiger partial charge in [0.25, 0.3) is 5.56 Å². The Bertz CT molecular complexity index is 1030. The fourth-order valence-corrected chi connectivity index (χ4v) is 2.06. The monoisotopic (exact) mass is 311 g/mol. The van der Waals surface area contributed by atoms with Crippen LogP contribution in [0.3, 0.4) is 0 Å². The Morgan fingerprint density at radius 2 is 1.74 bits per heavy atom. The highest BCUT2D eigenvalue weighted by Crippen LogP contribution is 2.24. The molecule has 9 nitrogen and oxygen atoms in total. The third kappa shape index (κ3) is 2.45. The molecule has 2 aromatic rings. The zero-order valence-corrected chi connectivity index (χ0v) is 13.0. The second kappa shape index (κ2) is 5.73. The Morgan fingerprint density at radius 3 is 2.26 bits per heavy atom. The molecule has 0 unspecified atom stereocenters. The fourth-order valence-electron chi connectivity index (χ4n) is 2.06. The normalized spacial score (nSPS) is 10.7. The first-order valence-electron chi connectivity index (χ1n) is 6.48. The van der Waals surface area contributed by atoms with Crippen LogP contribution < -0.4 is 11.2 Å². The van der Waals surface area contributed by atoms with Gasteiger partial charge in [0.1, 0.15) is 23.1 Å². The first-order chi connectivity index (χ1) is 10.8. The average Bonchev–Trinajstić information content (AvgIpc) is 2.54. The van der Waals surface area contributed by atoms with Crippen LogP contribution in [0.15, 0.2) is 14.6 Å². The summed E-state index contributed by atoms with van der Waals surface area (Å²) in [6.45, 7) is 0. The van der Waals surface area contributed by atoms with Crippen LogP contribution in [0.5, 0.6) is 0 Å². The van der Waals surface area contributed by atoms with Gasteiger partial charge in [-0.05, 0) is 0 Å². The van der Waals surface area contributed by atoms with Crippen LogP contribution in [0.2, 0.25) is 0 Å². The molecule has 0 saturated heterocycles. The van der Waals surface area contributed by atoms with E-state index in [1.54, 1.807) is 19.0 Å². The van der Waals surface area contributed by atoms with Crippen LogP contribution in [0.25, 0.3) is 11.0 Å². The molecule has 2 aromatic heterocycles. The molecular formula is C14H13N7O2. The largest absolute Gasteiger partial charge is 0.369 e. The third-order valence-corrected chi connectivity index (χ3v) is 3.20. The lowest BCUT2D eigenvalue weighted by Gasteiger charge is -2.10. The quantitative estimate of drug-likeness (QED) is 0.549. The molecule has 0 aromatic carbocycles. The van der Waals surface area contributed by atoms with Crippen molar-refractivity contribution >= 4 is 23.2 Å². The van der Waals surface area contributed by atoms with Crippen molar-refractivity contribution in [3.8, 4) is 12.1 Å². The van der Waals surface area contributed by atoms with Gasteiger partial charge >= 0.3 is 5.69 Å². The second-order valence-electron chi connectivity index (χ2n) is 5.02. The van der Waals surface area contributed by atoms with Gasteiger partial charge in [-0.1, -0.05) is 0 Å². The number of hydrogen-bond donors (Lipinski definition) is 0. The molecule has 0 aliphatic rings. The number of hydrogen-bond acceptors (Lipinski definition) is 6. The molecule has 0 aliphatic carbocycles. The van der Waals surface area contributed by atoms with E-state index < -0.39 is 11.2 Å². The molecule has 9 heteroatoms. The van der Waals surface area contributed by atoms with Crippen molar-refractivity contribution < 1.29 is 0 Å². The Labute approximate surface area is 131 Å². The van der Waals surface area contributed by atoms with Crippen molar-refractivity contribution in [2.24, 2.45) is 19.1 Å². The van der Waals surface area contributed by atoms with E-state index in [2.05, 4.69) is 9.98 Å². The maximum atomic E-state index is 12.3. The van der Waals surface area contributed by atoms with Crippen LogP contribution in [-0.4, -0.2) is 39.5 Å². The highest BCUT2D eigenvalue weighted by Gasteiger charge is 2.20. The number of aryl methyl sites for hydroxylation is 1. The van der Waals surface area contributed by atoms with Crippen molar-refractivity contribution in [1.29, 1.82) is 10.5 Å². The molecule has 0 spiro atoms. The van der Waals surface area contributed by atoms with Gasteiger partial charge in [0.05, 0.1) is 11.9 Å². The van der Waals surface area contributed by atoms with Gasteiger partial charge in [-0.25, -0.2) is 14.8 Å². The van der Waals surface area contributed by atoms with Crippen LogP contribution in [0.4, 0.5) is 5.82 Å². The first-order valence-corrected chi connectivity index (χ1v) is 6.48. The van der Waals surface area contributed by atoms with E-state index in [1.807, 2.05) is 12.1 Å². The maximum absolute atomic E-state index is 12.3. The van der Waals surface area contributed by atoms with E-state index in [1.165, 1.54) is 20.4 Å². The van der Waals surface area contributed by atoms with E-state index in [0.717, 1.165) is 9.13 Å². The minimum absolute atomic E-state index is 0.0135. The lowest BCUT2D eigenvalue weighted by atomic mass is 10.1. The van der Waals surface area contributed by atoms with Gasteiger partial charge < -0.3 is 4.90 Å². The summed E-state index contributed by atoms with van der Waals surface area (Å²) in [5, 5.41) is 18.7. The number of pyridine rings is 1. The molecule has 2 heterocycles. The summed E-state index contributed by atoms with van der Waals surface area (Å²) in [6, 6.07) is 3.71. The van der Waals surface area contributed by atoms with E-state index in [4.69, 9.17) is 0 Å². The van der Waals surface area contributed by atoms with E-state index in [-0.39, 0.29) is 28.0 Å². The minimum atomic E-state index is -0.674. The smallest absolute Gasteiger partial charge is 0.332 e. The van der Waals surface area contributed by atoms with E-state index >= 15 is 0 Å². The Kier molecular flexibility index (Phi) is 3.97. The van der Waals surface area contributed by atoms with Crippen LogP contribution in [-0.2, 0) is 14.1 Å². The molecule has 0 bridgehead atoms. The number of nitrogens with zero attached hydrogens (tertiary/aromatic N) is 7. The standard InChI is InChI=1S/C14H13N7O2/c1-19(2)7-17-11-9(6-16)8(5-15)10-12(18-11)20(3)14(23)21(4)13(10)22/h7H,1-4H3. The molecule has 0 fully saturated rings. The highest BCUT2D eigenvalue weighted by atomic mass is 16.2. The molecule has 0 N–H and O–H groups in total. The molecule has 0 saturated carbocycles. The zero-order chi connectivity index (χ0) is 17.3. The van der Waals surface area contributed by atoms with Gasteiger partial charge in [0.15, 0.2) is 11.5 Å². The number of aromatic nitrogens is 3. The summed E-state index contributed by atoms with van der Waals surface area (Å²) in [6.07, 6.45) is 1.41. The van der Waals surface area contributed by atoms with Crippen LogP contribution in [0.1, 0.15) is 11.1 Å². The lowest BCUT2D eigenvalue weighted by Crippen LogP contribution is -2.37. The summed E-state index contributed by atoms with van der Waals surface area (Å²) >= 11 is 0. The molecule has 0 atom stereocenters. The Hall–Kier alpha value is -3.46. The van der Waals surface area contributed by atoms with E-state index in [0.29, 0.717) is 0 Å². The molecule has 2 rings (SSSR count). The van der Waals surface area contributed by atoms with Crippen molar-refractivity contribution in [3.05, 3.63) is 32.0 Å². The van der Waals surface area contributed by atoms with E-state index in [9.17, 15) is 20.1 Å². The number of aliphatic imine (C=N–C) groups is 1. The van der Waals surface area contributed by atoms with Crippen LogP contribution in [0, 0.1) is 22.7 Å².